The summed E-state index contributed by atoms with van der Waals surface area (Å²) in [5.74, 6) is 1.53. The van der Waals surface area contributed by atoms with Gasteiger partial charge in [-0.25, -0.2) is 0 Å². The molecule has 0 atom stereocenters. The van der Waals surface area contributed by atoms with Crippen molar-refractivity contribution in [3.8, 4) is 11.5 Å². The van der Waals surface area contributed by atoms with E-state index >= 15 is 0 Å². The molecule has 0 aromatic heterocycles. The zero-order chi connectivity index (χ0) is 15.2. The van der Waals surface area contributed by atoms with E-state index in [4.69, 9.17) is 27.9 Å². The van der Waals surface area contributed by atoms with Gasteiger partial charge in [0.1, 0.15) is 11.5 Å². The zero-order valence-corrected chi connectivity index (χ0v) is 13.8. The molecule has 0 radical (unpaired) electrons. The Kier molecular flexibility index (Phi) is 5.92. The molecule has 0 bridgehead atoms. The first-order valence-corrected chi connectivity index (χ1v) is 7.79. The fourth-order valence-electron chi connectivity index (χ4n) is 1.98. The Morgan fingerprint density at radius 2 is 1.90 bits per heavy atom. The van der Waals surface area contributed by atoms with E-state index in [1.807, 2.05) is 43.3 Å². The van der Waals surface area contributed by atoms with Crippen LogP contribution in [0.25, 0.3) is 0 Å². The normalized spacial score (nSPS) is 10.7. The van der Waals surface area contributed by atoms with Crippen molar-refractivity contribution in [3.05, 3.63) is 57.6 Å². The summed E-state index contributed by atoms with van der Waals surface area (Å²) in [6.07, 6.45) is 1.10. The second kappa shape index (κ2) is 7.69. The van der Waals surface area contributed by atoms with Crippen LogP contribution in [0.3, 0.4) is 0 Å². The smallest absolute Gasteiger partial charge is 0.133 e. The topological polar surface area (TPSA) is 21.3 Å². The van der Waals surface area contributed by atoms with Gasteiger partial charge in [-0.05, 0) is 55.8 Å². The molecule has 112 valence electrons. The molecule has 0 spiro atoms. The Labute approximate surface area is 136 Å². The third kappa shape index (κ3) is 4.63. The Balaban J connectivity index is 2.20. The third-order valence-electron chi connectivity index (χ3n) is 3.13. The van der Waals surface area contributed by atoms with Gasteiger partial charge in [-0.2, -0.15) is 0 Å². The molecule has 0 saturated carbocycles. The first kappa shape index (κ1) is 16.2. The molecule has 0 heterocycles. The van der Waals surface area contributed by atoms with E-state index in [0.717, 1.165) is 47.2 Å². The summed E-state index contributed by atoms with van der Waals surface area (Å²) in [6, 6.07) is 11.3. The number of hydrogen-bond acceptors (Lipinski definition) is 2. The molecule has 2 nitrogen and oxygen atoms in total. The maximum Gasteiger partial charge on any atom is 0.133 e. The van der Waals surface area contributed by atoms with Crippen LogP contribution in [0, 0.1) is 6.92 Å². The second-order valence-electron chi connectivity index (χ2n) is 4.94. The lowest BCUT2D eigenvalue weighted by Crippen LogP contribution is -2.14. The number of aryl methyl sites for hydroxylation is 1. The maximum atomic E-state index is 6.08. The molecule has 0 fully saturated rings. The van der Waals surface area contributed by atoms with Crippen molar-refractivity contribution in [1.82, 2.24) is 5.32 Å². The number of halogens is 2. The number of rotatable bonds is 6. The molecule has 0 unspecified atom stereocenters. The van der Waals surface area contributed by atoms with Gasteiger partial charge < -0.3 is 10.1 Å². The summed E-state index contributed by atoms with van der Waals surface area (Å²) in [6.45, 7) is 5.83. The Morgan fingerprint density at radius 1 is 1.10 bits per heavy atom. The Morgan fingerprint density at radius 3 is 2.62 bits per heavy atom. The number of nitrogens with one attached hydrogen (secondary N) is 1. The lowest BCUT2D eigenvalue weighted by atomic mass is 10.2. The highest BCUT2D eigenvalue weighted by Gasteiger charge is 2.07. The highest BCUT2D eigenvalue weighted by Crippen LogP contribution is 2.30. The van der Waals surface area contributed by atoms with Crippen LogP contribution in [-0.2, 0) is 6.54 Å². The van der Waals surface area contributed by atoms with E-state index in [1.165, 1.54) is 0 Å². The van der Waals surface area contributed by atoms with Gasteiger partial charge in [-0.3, -0.25) is 0 Å². The van der Waals surface area contributed by atoms with E-state index in [0.29, 0.717) is 5.02 Å². The standard InChI is InChI=1S/C17H19Cl2NO/c1-3-8-20-11-13-4-5-14(18)10-17(13)21-15-6-7-16(19)12(2)9-15/h4-7,9-10,20H,3,8,11H2,1-2H3. The van der Waals surface area contributed by atoms with Crippen molar-refractivity contribution in [3.63, 3.8) is 0 Å². The minimum Gasteiger partial charge on any atom is -0.457 e. The predicted molar refractivity (Wildman–Crippen MR) is 89.7 cm³/mol. The van der Waals surface area contributed by atoms with Crippen LogP contribution in [0.5, 0.6) is 11.5 Å². The highest BCUT2D eigenvalue weighted by atomic mass is 35.5. The Bertz CT molecular complexity index is 614. The lowest BCUT2D eigenvalue weighted by molar-refractivity contribution is 0.472. The van der Waals surface area contributed by atoms with Crippen LogP contribution in [0.15, 0.2) is 36.4 Å². The molecule has 2 aromatic rings. The van der Waals surface area contributed by atoms with Gasteiger partial charge in [0.25, 0.3) is 0 Å². The fourth-order valence-corrected chi connectivity index (χ4v) is 2.26. The van der Waals surface area contributed by atoms with Gasteiger partial charge in [-0.1, -0.05) is 36.2 Å². The van der Waals surface area contributed by atoms with Gasteiger partial charge in [0.15, 0.2) is 0 Å². The quantitative estimate of drug-likeness (QED) is 0.699. The van der Waals surface area contributed by atoms with Crippen molar-refractivity contribution in [2.24, 2.45) is 0 Å². The van der Waals surface area contributed by atoms with Gasteiger partial charge >= 0.3 is 0 Å². The predicted octanol–water partition coefficient (Wildman–Crippen LogP) is 5.59. The van der Waals surface area contributed by atoms with Crippen LogP contribution < -0.4 is 10.1 Å². The average molecular weight is 324 g/mol. The Hall–Kier alpha value is -1.22. The summed E-state index contributed by atoms with van der Waals surface area (Å²) in [5, 5.41) is 4.77. The molecular weight excluding hydrogens is 305 g/mol. The molecular formula is C17H19Cl2NO. The minimum atomic E-state index is 0.662. The first-order chi connectivity index (χ1) is 10.1. The second-order valence-corrected chi connectivity index (χ2v) is 5.79. The summed E-state index contributed by atoms with van der Waals surface area (Å²) in [5.41, 5.74) is 2.07. The van der Waals surface area contributed by atoms with Gasteiger partial charge in [0, 0.05) is 22.2 Å². The molecule has 2 aromatic carbocycles. The molecule has 0 aliphatic heterocycles. The molecule has 0 amide bonds. The van der Waals surface area contributed by atoms with Crippen molar-refractivity contribution in [1.29, 1.82) is 0 Å². The minimum absolute atomic E-state index is 0.662. The monoisotopic (exact) mass is 323 g/mol. The summed E-state index contributed by atoms with van der Waals surface area (Å²) < 4.78 is 5.97. The number of ether oxygens (including phenoxy) is 1. The van der Waals surface area contributed by atoms with Crippen LogP contribution in [-0.4, -0.2) is 6.54 Å². The largest absolute Gasteiger partial charge is 0.457 e. The summed E-state index contributed by atoms with van der Waals surface area (Å²) in [4.78, 5) is 0. The molecule has 0 aliphatic carbocycles. The van der Waals surface area contributed by atoms with Gasteiger partial charge in [0.05, 0.1) is 0 Å². The van der Waals surface area contributed by atoms with E-state index in [-0.39, 0.29) is 0 Å². The molecule has 2 rings (SSSR count). The van der Waals surface area contributed by atoms with Crippen LogP contribution in [0.4, 0.5) is 0 Å². The van der Waals surface area contributed by atoms with Crippen molar-refractivity contribution in [2.45, 2.75) is 26.8 Å². The number of benzene rings is 2. The molecule has 0 saturated heterocycles. The summed E-state index contributed by atoms with van der Waals surface area (Å²) >= 11 is 12.1. The SMILES string of the molecule is CCCNCc1ccc(Cl)cc1Oc1ccc(Cl)c(C)c1. The van der Waals surface area contributed by atoms with Crippen molar-refractivity contribution < 1.29 is 4.74 Å². The van der Waals surface area contributed by atoms with Gasteiger partial charge in [0.2, 0.25) is 0 Å². The van der Waals surface area contributed by atoms with E-state index < -0.39 is 0 Å². The van der Waals surface area contributed by atoms with Crippen LogP contribution in [0.1, 0.15) is 24.5 Å². The maximum absolute atomic E-state index is 6.08. The number of hydrogen-bond donors (Lipinski definition) is 1. The molecule has 4 heteroatoms. The molecule has 21 heavy (non-hydrogen) atoms. The fraction of sp³-hybridized carbons (Fsp3) is 0.294. The zero-order valence-electron chi connectivity index (χ0n) is 12.2. The highest BCUT2D eigenvalue weighted by molar-refractivity contribution is 6.31. The first-order valence-electron chi connectivity index (χ1n) is 7.03. The van der Waals surface area contributed by atoms with Crippen molar-refractivity contribution in [2.75, 3.05) is 6.54 Å². The van der Waals surface area contributed by atoms with E-state index in [1.54, 1.807) is 0 Å². The molecule has 1 N–H and O–H groups in total. The molecule has 0 aliphatic rings. The summed E-state index contributed by atoms with van der Waals surface area (Å²) in [7, 11) is 0. The van der Waals surface area contributed by atoms with Crippen LogP contribution >= 0.6 is 23.2 Å². The van der Waals surface area contributed by atoms with Crippen LogP contribution in [0.2, 0.25) is 10.0 Å². The van der Waals surface area contributed by atoms with E-state index in [9.17, 15) is 0 Å². The van der Waals surface area contributed by atoms with Gasteiger partial charge in [-0.15, -0.1) is 0 Å². The van der Waals surface area contributed by atoms with E-state index in [2.05, 4.69) is 12.2 Å². The average Bonchev–Trinajstić information content (AvgIpc) is 2.45. The third-order valence-corrected chi connectivity index (χ3v) is 3.79. The lowest BCUT2D eigenvalue weighted by Gasteiger charge is -2.13. The van der Waals surface area contributed by atoms with Crippen molar-refractivity contribution >= 4 is 23.2 Å².